The van der Waals surface area contributed by atoms with Crippen molar-refractivity contribution >= 4 is 34.9 Å². The third-order valence-electron chi connectivity index (χ3n) is 4.82. The first-order valence-corrected chi connectivity index (χ1v) is 11.9. The summed E-state index contributed by atoms with van der Waals surface area (Å²) in [5.41, 5.74) is 0.804. The molecule has 1 aliphatic heterocycles. The van der Waals surface area contributed by atoms with Gasteiger partial charge < -0.3 is 24.2 Å². The van der Waals surface area contributed by atoms with Crippen molar-refractivity contribution in [3.05, 3.63) is 18.5 Å². The van der Waals surface area contributed by atoms with Gasteiger partial charge in [-0.15, -0.1) is 0 Å². The average Bonchev–Trinajstić information content (AvgIpc) is 2.66. The molecular formula is C17H24N3O5PS. The molecule has 0 amide bonds. The first-order valence-electron chi connectivity index (χ1n) is 8.73. The van der Waals surface area contributed by atoms with E-state index in [4.69, 9.17) is 19.3 Å². The predicted molar refractivity (Wildman–Crippen MR) is 107 cm³/mol. The molecule has 27 heavy (non-hydrogen) atoms. The first-order chi connectivity index (χ1) is 12.9. The molecule has 1 fully saturated rings. The molecule has 3 rings (SSSR count). The van der Waals surface area contributed by atoms with E-state index in [0.717, 1.165) is 60.5 Å². The first kappa shape index (κ1) is 20.2. The molecule has 0 unspecified atom stereocenters. The molecule has 148 valence electrons. The van der Waals surface area contributed by atoms with E-state index >= 15 is 0 Å². The summed E-state index contributed by atoms with van der Waals surface area (Å²) in [6.07, 6.45) is 4.33. The number of hydrogen-bond donors (Lipinski definition) is 2. The predicted octanol–water partition coefficient (Wildman–Crippen LogP) is 3.08. The number of ether oxygens (including phenoxy) is 2. The Morgan fingerprint density at radius 1 is 1.19 bits per heavy atom. The molecule has 1 aliphatic rings. The van der Waals surface area contributed by atoms with E-state index in [1.165, 1.54) is 0 Å². The molecule has 0 atom stereocenters. The Bertz CT molecular complexity index is 839. The summed E-state index contributed by atoms with van der Waals surface area (Å²) in [5, 5.41) is 0.922. The maximum absolute atomic E-state index is 10.9. The summed E-state index contributed by atoms with van der Waals surface area (Å²) in [6, 6.07) is 3.76. The summed E-state index contributed by atoms with van der Waals surface area (Å²) in [5.74, 6) is 3.12. The Hall–Kier alpha value is -1.54. The van der Waals surface area contributed by atoms with Crippen LogP contribution in [-0.4, -0.2) is 52.8 Å². The number of rotatable bonds is 7. The van der Waals surface area contributed by atoms with Crippen LogP contribution in [0.3, 0.4) is 0 Å². The lowest BCUT2D eigenvalue weighted by Gasteiger charge is -2.33. The SMILES string of the molecule is COc1cc2ncnc(N3CCC(CCSP(=O)(O)O)CC3)c2cc1OC. The average molecular weight is 413 g/mol. The van der Waals surface area contributed by atoms with Gasteiger partial charge in [0.1, 0.15) is 12.1 Å². The number of aromatic nitrogens is 2. The lowest BCUT2D eigenvalue weighted by Crippen LogP contribution is -2.34. The highest BCUT2D eigenvalue weighted by Gasteiger charge is 2.23. The molecule has 0 bridgehead atoms. The summed E-state index contributed by atoms with van der Waals surface area (Å²) in [4.78, 5) is 29.0. The number of methoxy groups -OCH3 is 2. The lowest BCUT2D eigenvalue weighted by molar-refractivity contribution is 0.355. The van der Waals surface area contributed by atoms with Crippen LogP contribution in [0.15, 0.2) is 18.5 Å². The Morgan fingerprint density at radius 2 is 1.85 bits per heavy atom. The monoisotopic (exact) mass is 413 g/mol. The van der Waals surface area contributed by atoms with Crippen LogP contribution >= 0.6 is 18.2 Å². The van der Waals surface area contributed by atoms with Crippen molar-refractivity contribution in [3.8, 4) is 11.5 Å². The fourth-order valence-electron chi connectivity index (χ4n) is 3.39. The van der Waals surface area contributed by atoms with Crippen LogP contribution in [0.4, 0.5) is 5.82 Å². The zero-order valence-corrected chi connectivity index (χ0v) is 17.1. The summed E-state index contributed by atoms with van der Waals surface area (Å²) >= 11 is 0.741. The van der Waals surface area contributed by atoms with Crippen molar-refractivity contribution in [1.29, 1.82) is 0 Å². The molecule has 2 aromatic rings. The van der Waals surface area contributed by atoms with Crippen LogP contribution in [0.5, 0.6) is 11.5 Å². The molecule has 2 N–H and O–H groups in total. The normalized spacial score (nSPS) is 15.9. The minimum Gasteiger partial charge on any atom is -0.493 e. The lowest BCUT2D eigenvalue weighted by atomic mass is 9.94. The molecular weight excluding hydrogens is 389 g/mol. The highest BCUT2D eigenvalue weighted by atomic mass is 32.7. The molecule has 2 heterocycles. The third kappa shape index (κ3) is 5.04. The van der Waals surface area contributed by atoms with Gasteiger partial charge >= 0.3 is 6.80 Å². The van der Waals surface area contributed by atoms with Gasteiger partial charge in [-0.05, 0) is 42.6 Å². The standard InChI is InChI=1S/C17H24N3O5PS/c1-24-15-9-13-14(10-16(15)25-2)18-11-19-17(13)20-6-3-12(4-7-20)5-8-27-26(21,22)23/h9-12H,3-8H2,1-2H3,(H2,21,22,23). The Balaban J connectivity index is 1.71. The van der Waals surface area contributed by atoms with Gasteiger partial charge in [0.05, 0.1) is 19.7 Å². The fraction of sp³-hybridized carbons (Fsp3) is 0.529. The number of nitrogens with zero attached hydrogens (tertiary/aromatic N) is 3. The number of fused-ring (bicyclic) bond motifs is 1. The van der Waals surface area contributed by atoms with Crippen LogP contribution in [0.25, 0.3) is 10.9 Å². The van der Waals surface area contributed by atoms with E-state index < -0.39 is 6.80 Å². The molecule has 8 nitrogen and oxygen atoms in total. The van der Waals surface area contributed by atoms with Gasteiger partial charge in [-0.3, -0.25) is 0 Å². The molecule has 0 radical (unpaired) electrons. The second kappa shape index (κ2) is 8.65. The number of hydrogen-bond acceptors (Lipinski definition) is 7. The Kier molecular flexibility index (Phi) is 6.47. The largest absolute Gasteiger partial charge is 0.493 e. The molecule has 10 heteroatoms. The van der Waals surface area contributed by atoms with E-state index in [-0.39, 0.29) is 0 Å². The van der Waals surface area contributed by atoms with Crippen LogP contribution in [-0.2, 0) is 4.57 Å². The van der Waals surface area contributed by atoms with Crippen LogP contribution in [0.2, 0.25) is 0 Å². The third-order valence-corrected chi connectivity index (χ3v) is 7.13. The molecule has 0 saturated carbocycles. The van der Waals surface area contributed by atoms with Crippen LogP contribution in [0, 0.1) is 5.92 Å². The maximum Gasteiger partial charge on any atom is 0.383 e. The summed E-state index contributed by atoms with van der Waals surface area (Å²) in [6.45, 7) is -2.26. The molecule has 0 aliphatic carbocycles. The zero-order valence-electron chi connectivity index (χ0n) is 15.4. The Morgan fingerprint density at radius 3 is 2.48 bits per heavy atom. The number of benzene rings is 1. The number of anilines is 1. The van der Waals surface area contributed by atoms with Gasteiger partial charge in [0.25, 0.3) is 0 Å². The smallest absolute Gasteiger partial charge is 0.383 e. The van der Waals surface area contributed by atoms with E-state index in [0.29, 0.717) is 23.2 Å². The molecule has 1 aromatic carbocycles. The highest BCUT2D eigenvalue weighted by molar-refractivity contribution is 8.54. The van der Waals surface area contributed by atoms with Crippen molar-refractivity contribution in [2.24, 2.45) is 5.92 Å². The van der Waals surface area contributed by atoms with Gasteiger partial charge in [-0.2, -0.15) is 0 Å². The van der Waals surface area contributed by atoms with Gasteiger partial charge in [0, 0.05) is 30.3 Å². The number of piperidine rings is 1. The molecule has 0 spiro atoms. The molecule has 1 saturated heterocycles. The second-order valence-electron chi connectivity index (χ2n) is 6.46. The highest BCUT2D eigenvalue weighted by Crippen LogP contribution is 2.50. The quantitative estimate of drug-likeness (QED) is 0.663. The second-order valence-corrected chi connectivity index (χ2v) is 10.3. The van der Waals surface area contributed by atoms with Crippen LogP contribution in [0.1, 0.15) is 19.3 Å². The summed E-state index contributed by atoms with van der Waals surface area (Å²) in [7, 11) is 3.20. The maximum atomic E-state index is 10.9. The van der Waals surface area contributed by atoms with E-state index in [1.54, 1.807) is 20.5 Å². The van der Waals surface area contributed by atoms with Crippen molar-refractivity contribution in [1.82, 2.24) is 9.97 Å². The fourth-order valence-corrected chi connectivity index (χ4v) is 5.10. The minimum atomic E-state index is -3.97. The van der Waals surface area contributed by atoms with Crippen molar-refractivity contribution in [3.63, 3.8) is 0 Å². The van der Waals surface area contributed by atoms with Gasteiger partial charge in [0.2, 0.25) is 0 Å². The zero-order chi connectivity index (χ0) is 19.4. The van der Waals surface area contributed by atoms with Crippen molar-refractivity contribution in [2.75, 3.05) is 38.0 Å². The molecule has 1 aromatic heterocycles. The van der Waals surface area contributed by atoms with Crippen LogP contribution < -0.4 is 14.4 Å². The Labute approximate surface area is 162 Å². The topological polar surface area (TPSA) is 105 Å². The van der Waals surface area contributed by atoms with E-state index in [2.05, 4.69) is 14.9 Å². The van der Waals surface area contributed by atoms with Gasteiger partial charge in [-0.25, -0.2) is 14.5 Å². The van der Waals surface area contributed by atoms with Gasteiger partial charge in [-0.1, -0.05) is 0 Å². The summed E-state index contributed by atoms with van der Waals surface area (Å²) < 4.78 is 21.7. The van der Waals surface area contributed by atoms with Crippen molar-refractivity contribution in [2.45, 2.75) is 19.3 Å². The van der Waals surface area contributed by atoms with Gasteiger partial charge in [0.15, 0.2) is 11.5 Å². The van der Waals surface area contributed by atoms with E-state index in [1.807, 2.05) is 12.1 Å². The minimum absolute atomic E-state index is 0.475. The van der Waals surface area contributed by atoms with E-state index in [9.17, 15) is 4.57 Å². The van der Waals surface area contributed by atoms with Crippen molar-refractivity contribution < 1.29 is 23.8 Å².